The average Bonchev–Trinajstić information content (AvgIpc) is 2.55. The minimum atomic E-state index is -1.80. The minimum absolute atomic E-state index is 0.111. The third-order valence-electron chi connectivity index (χ3n) is 3.06. The van der Waals surface area contributed by atoms with Gasteiger partial charge in [-0.15, -0.1) is 0 Å². The number of hydrogen-bond donors (Lipinski definition) is 1. The van der Waals surface area contributed by atoms with Gasteiger partial charge in [-0.1, -0.05) is 30.3 Å². The maximum absolute atomic E-state index is 13.9. The zero-order valence-corrected chi connectivity index (χ0v) is 13.1. The molecule has 1 atom stereocenters. The Morgan fingerprint density at radius 1 is 1.26 bits per heavy atom. The largest absolute Gasteiger partial charge is 0.461 e. The Hall–Kier alpha value is -2.63. The molecule has 0 saturated heterocycles. The van der Waals surface area contributed by atoms with Crippen LogP contribution in [0.1, 0.15) is 17.7 Å². The lowest BCUT2D eigenvalue weighted by molar-refractivity contribution is -0.149. The summed E-state index contributed by atoms with van der Waals surface area (Å²) < 4.78 is 24.0. The van der Waals surface area contributed by atoms with Gasteiger partial charge in [-0.25, -0.2) is 9.37 Å². The topological polar surface area (TPSA) is 60.5 Å². The molecule has 0 spiro atoms. The first-order valence-electron chi connectivity index (χ1n) is 7.24. The molecule has 0 saturated carbocycles. The van der Waals surface area contributed by atoms with Gasteiger partial charge in [0.15, 0.2) is 11.6 Å². The molecular formula is C17H19FN2O3. The van der Waals surface area contributed by atoms with Crippen LogP contribution in [0, 0.1) is 6.92 Å². The van der Waals surface area contributed by atoms with E-state index >= 15 is 0 Å². The molecule has 5 nitrogen and oxygen atoms in total. The molecule has 0 amide bonds. The second-order valence-electron chi connectivity index (χ2n) is 4.93. The molecule has 23 heavy (non-hydrogen) atoms. The van der Waals surface area contributed by atoms with E-state index in [0.717, 1.165) is 11.3 Å². The Bertz CT molecular complexity index is 650. The lowest BCUT2D eigenvalue weighted by atomic mass is 10.2. The lowest BCUT2D eigenvalue weighted by Gasteiger charge is -2.14. The van der Waals surface area contributed by atoms with Gasteiger partial charge in [0.2, 0.25) is 6.36 Å². The van der Waals surface area contributed by atoms with Crippen molar-refractivity contribution in [3.05, 3.63) is 53.7 Å². The van der Waals surface area contributed by atoms with E-state index in [0.29, 0.717) is 5.82 Å². The second kappa shape index (κ2) is 8.12. The first kappa shape index (κ1) is 16.7. The summed E-state index contributed by atoms with van der Waals surface area (Å²) in [5.74, 6) is 0.0131. The summed E-state index contributed by atoms with van der Waals surface area (Å²) in [6.07, 6.45) is -2.28. The number of rotatable bonds is 7. The van der Waals surface area contributed by atoms with Gasteiger partial charge < -0.3 is 14.8 Å². The lowest BCUT2D eigenvalue weighted by Crippen LogP contribution is -2.18. The number of anilines is 1. The highest BCUT2D eigenvalue weighted by Gasteiger charge is 2.17. The Balaban J connectivity index is 1.84. The van der Waals surface area contributed by atoms with Gasteiger partial charge >= 0.3 is 5.97 Å². The van der Waals surface area contributed by atoms with Crippen molar-refractivity contribution in [2.75, 3.05) is 12.4 Å². The number of hydrogen-bond acceptors (Lipinski definition) is 5. The van der Waals surface area contributed by atoms with E-state index in [-0.39, 0.29) is 12.4 Å². The Morgan fingerprint density at radius 3 is 2.70 bits per heavy atom. The van der Waals surface area contributed by atoms with Crippen molar-refractivity contribution < 1.29 is 18.7 Å². The van der Waals surface area contributed by atoms with Crippen molar-refractivity contribution in [3.63, 3.8) is 0 Å². The monoisotopic (exact) mass is 318 g/mol. The van der Waals surface area contributed by atoms with Gasteiger partial charge in [0.1, 0.15) is 13.0 Å². The molecule has 1 heterocycles. The standard InChI is InChI=1S/C17H19FN2O3/c1-12-8-9-14(17(19-2)20-12)23-15(18)10-16(21)22-11-13-6-4-3-5-7-13/h3-9,15H,10-11H2,1-2H3,(H,19,20). The maximum atomic E-state index is 13.9. The normalized spacial score (nSPS) is 11.6. The van der Waals surface area contributed by atoms with Crippen LogP contribution in [0.4, 0.5) is 10.2 Å². The predicted molar refractivity (Wildman–Crippen MR) is 84.9 cm³/mol. The first-order chi connectivity index (χ1) is 11.1. The van der Waals surface area contributed by atoms with E-state index in [1.807, 2.05) is 37.3 Å². The van der Waals surface area contributed by atoms with Crippen molar-refractivity contribution in [1.29, 1.82) is 0 Å². The summed E-state index contributed by atoms with van der Waals surface area (Å²) in [6.45, 7) is 1.93. The van der Waals surface area contributed by atoms with Crippen LogP contribution in [-0.4, -0.2) is 24.4 Å². The van der Waals surface area contributed by atoms with E-state index in [2.05, 4.69) is 10.3 Å². The van der Waals surface area contributed by atoms with Crippen molar-refractivity contribution in [2.45, 2.75) is 26.3 Å². The molecule has 6 heteroatoms. The molecule has 0 aliphatic carbocycles. The number of aryl methyl sites for hydroxylation is 1. The molecule has 0 aliphatic heterocycles. The maximum Gasteiger partial charge on any atom is 0.312 e. The Morgan fingerprint density at radius 2 is 2.00 bits per heavy atom. The van der Waals surface area contributed by atoms with Crippen molar-refractivity contribution in [2.24, 2.45) is 0 Å². The number of pyridine rings is 1. The molecular weight excluding hydrogens is 299 g/mol. The Kier molecular flexibility index (Phi) is 5.91. The molecule has 1 aromatic heterocycles. The van der Waals surface area contributed by atoms with Crippen LogP contribution in [0.2, 0.25) is 0 Å². The fraction of sp³-hybridized carbons (Fsp3) is 0.294. The highest BCUT2D eigenvalue weighted by molar-refractivity contribution is 5.69. The van der Waals surface area contributed by atoms with Gasteiger partial charge in [-0.3, -0.25) is 4.79 Å². The van der Waals surface area contributed by atoms with Gasteiger partial charge in [0, 0.05) is 12.7 Å². The number of alkyl halides is 1. The first-order valence-corrected chi connectivity index (χ1v) is 7.24. The molecule has 0 bridgehead atoms. The molecule has 1 aromatic carbocycles. The van der Waals surface area contributed by atoms with Crippen LogP contribution in [0.5, 0.6) is 5.75 Å². The number of carbonyl (C=O) groups excluding carboxylic acids is 1. The zero-order valence-electron chi connectivity index (χ0n) is 13.1. The van der Waals surface area contributed by atoms with E-state index in [4.69, 9.17) is 9.47 Å². The van der Waals surface area contributed by atoms with Crippen LogP contribution in [-0.2, 0) is 16.1 Å². The van der Waals surface area contributed by atoms with E-state index in [9.17, 15) is 9.18 Å². The Labute approximate surface area is 134 Å². The summed E-state index contributed by atoms with van der Waals surface area (Å²) >= 11 is 0. The summed E-state index contributed by atoms with van der Waals surface area (Å²) in [7, 11) is 1.66. The second-order valence-corrected chi connectivity index (χ2v) is 4.93. The number of nitrogens with one attached hydrogen (secondary N) is 1. The molecule has 122 valence electrons. The number of nitrogens with zero attached hydrogens (tertiary/aromatic N) is 1. The number of halogens is 1. The summed E-state index contributed by atoms with van der Waals surface area (Å²) in [5.41, 5.74) is 1.62. The molecule has 0 radical (unpaired) electrons. The third-order valence-corrected chi connectivity index (χ3v) is 3.06. The number of ether oxygens (including phenoxy) is 2. The number of aromatic nitrogens is 1. The van der Waals surface area contributed by atoms with E-state index in [1.54, 1.807) is 19.2 Å². The SMILES string of the molecule is CNc1nc(C)ccc1OC(F)CC(=O)OCc1ccccc1. The molecule has 2 rings (SSSR count). The highest BCUT2D eigenvalue weighted by Crippen LogP contribution is 2.24. The molecule has 2 aromatic rings. The van der Waals surface area contributed by atoms with E-state index in [1.165, 1.54) is 0 Å². The fourth-order valence-electron chi connectivity index (χ4n) is 1.93. The molecule has 1 unspecified atom stereocenters. The smallest absolute Gasteiger partial charge is 0.312 e. The quantitative estimate of drug-likeness (QED) is 0.794. The number of esters is 1. The van der Waals surface area contributed by atoms with Gasteiger partial charge in [0.25, 0.3) is 0 Å². The van der Waals surface area contributed by atoms with Crippen LogP contribution < -0.4 is 10.1 Å². The highest BCUT2D eigenvalue weighted by atomic mass is 19.1. The average molecular weight is 318 g/mol. The number of benzene rings is 1. The van der Waals surface area contributed by atoms with Crippen LogP contribution in [0.3, 0.4) is 0 Å². The number of carbonyl (C=O) groups is 1. The molecule has 0 aliphatic rings. The molecule has 0 fully saturated rings. The van der Waals surface area contributed by atoms with Crippen LogP contribution in [0.15, 0.2) is 42.5 Å². The van der Waals surface area contributed by atoms with Crippen molar-refractivity contribution >= 4 is 11.8 Å². The van der Waals surface area contributed by atoms with Gasteiger partial charge in [0.05, 0.1) is 0 Å². The summed E-state index contributed by atoms with van der Waals surface area (Å²) in [4.78, 5) is 15.8. The van der Waals surface area contributed by atoms with E-state index < -0.39 is 18.7 Å². The predicted octanol–water partition coefficient (Wildman–Crippen LogP) is 3.24. The van der Waals surface area contributed by atoms with Crippen molar-refractivity contribution in [1.82, 2.24) is 4.98 Å². The van der Waals surface area contributed by atoms with Gasteiger partial charge in [-0.2, -0.15) is 0 Å². The van der Waals surface area contributed by atoms with Crippen LogP contribution in [0.25, 0.3) is 0 Å². The minimum Gasteiger partial charge on any atom is -0.461 e. The summed E-state index contributed by atoms with van der Waals surface area (Å²) in [6, 6.07) is 12.5. The zero-order chi connectivity index (χ0) is 16.7. The van der Waals surface area contributed by atoms with Crippen molar-refractivity contribution in [3.8, 4) is 5.75 Å². The third kappa shape index (κ3) is 5.25. The fourth-order valence-corrected chi connectivity index (χ4v) is 1.93. The van der Waals surface area contributed by atoms with Gasteiger partial charge in [-0.05, 0) is 24.6 Å². The summed E-state index contributed by atoms with van der Waals surface area (Å²) in [5, 5.41) is 2.82. The molecule has 1 N–H and O–H groups in total. The van der Waals surface area contributed by atoms with Crippen LogP contribution >= 0.6 is 0 Å².